The number of benzene rings is 1. The van der Waals surface area contributed by atoms with Gasteiger partial charge in [-0.15, -0.1) is 0 Å². The van der Waals surface area contributed by atoms with Gasteiger partial charge in [0.2, 0.25) is 0 Å². The maximum atomic E-state index is 11.7. The van der Waals surface area contributed by atoms with Crippen LogP contribution in [0, 0.1) is 0 Å². The second kappa shape index (κ2) is 5.53. The number of rotatable bonds is 3. The molecule has 1 fully saturated rings. The van der Waals surface area contributed by atoms with Crippen LogP contribution in [0.25, 0.3) is 0 Å². The Hall–Kier alpha value is -0.680. The Bertz CT molecular complexity index is 454. The molecule has 3 nitrogen and oxygen atoms in total. The Morgan fingerprint density at radius 1 is 1.56 bits per heavy atom. The van der Waals surface area contributed by atoms with E-state index in [2.05, 4.69) is 21.2 Å². The molecule has 1 aromatic carbocycles. The molecule has 0 amide bonds. The standard InChI is InChI=1S/C13H16BrNO2S/c1-9-13(12(16)17,7-4-8-18-9)15-11-6-3-2-5-10(11)14/h2-3,5-6,9,15H,4,7-8H2,1H3,(H,16,17). The van der Waals surface area contributed by atoms with Crippen molar-refractivity contribution in [2.24, 2.45) is 0 Å². The number of anilines is 1. The van der Waals surface area contributed by atoms with Crippen molar-refractivity contribution in [2.75, 3.05) is 11.1 Å². The molecular formula is C13H16BrNO2S. The van der Waals surface area contributed by atoms with Crippen LogP contribution in [0.3, 0.4) is 0 Å². The van der Waals surface area contributed by atoms with Crippen molar-refractivity contribution in [2.45, 2.75) is 30.6 Å². The van der Waals surface area contributed by atoms with Crippen LogP contribution in [0.5, 0.6) is 0 Å². The van der Waals surface area contributed by atoms with Gasteiger partial charge in [0.1, 0.15) is 5.54 Å². The molecule has 0 radical (unpaired) electrons. The van der Waals surface area contributed by atoms with Gasteiger partial charge in [-0.3, -0.25) is 0 Å². The molecule has 5 heteroatoms. The van der Waals surface area contributed by atoms with E-state index in [1.807, 2.05) is 31.2 Å². The van der Waals surface area contributed by atoms with Gasteiger partial charge in [0.05, 0.1) is 0 Å². The minimum absolute atomic E-state index is 0.0517. The number of carboxylic acids is 1. The second-order valence-electron chi connectivity index (χ2n) is 4.50. The lowest BCUT2D eigenvalue weighted by Gasteiger charge is -2.40. The highest BCUT2D eigenvalue weighted by molar-refractivity contribution is 9.10. The van der Waals surface area contributed by atoms with Crippen molar-refractivity contribution < 1.29 is 9.90 Å². The lowest BCUT2D eigenvalue weighted by atomic mass is 9.89. The molecule has 0 aromatic heterocycles. The van der Waals surface area contributed by atoms with E-state index in [0.29, 0.717) is 6.42 Å². The summed E-state index contributed by atoms with van der Waals surface area (Å²) < 4.78 is 0.897. The lowest BCUT2D eigenvalue weighted by Crippen LogP contribution is -2.55. The zero-order valence-corrected chi connectivity index (χ0v) is 12.6. The van der Waals surface area contributed by atoms with Gasteiger partial charge in [-0.1, -0.05) is 19.1 Å². The van der Waals surface area contributed by atoms with E-state index in [0.717, 1.165) is 22.3 Å². The monoisotopic (exact) mass is 329 g/mol. The molecule has 1 aromatic rings. The molecule has 1 aliphatic heterocycles. The largest absolute Gasteiger partial charge is 0.479 e. The first-order valence-corrected chi connectivity index (χ1v) is 7.78. The third-order valence-electron chi connectivity index (χ3n) is 3.39. The smallest absolute Gasteiger partial charge is 0.330 e. The summed E-state index contributed by atoms with van der Waals surface area (Å²) in [5, 5.41) is 12.9. The average Bonchev–Trinajstić information content (AvgIpc) is 2.34. The third-order valence-corrected chi connectivity index (χ3v) is 5.51. The number of hydrogen-bond donors (Lipinski definition) is 2. The van der Waals surface area contributed by atoms with E-state index in [4.69, 9.17) is 0 Å². The van der Waals surface area contributed by atoms with Crippen molar-refractivity contribution in [3.05, 3.63) is 28.7 Å². The Labute approximate surface area is 119 Å². The van der Waals surface area contributed by atoms with Gasteiger partial charge < -0.3 is 10.4 Å². The maximum absolute atomic E-state index is 11.7. The highest BCUT2D eigenvalue weighted by atomic mass is 79.9. The van der Waals surface area contributed by atoms with Crippen LogP contribution in [-0.2, 0) is 4.79 Å². The fourth-order valence-corrected chi connectivity index (χ4v) is 3.87. The molecule has 1 heterocycles. The summed E-state index contributed by atoms with van der Waals surface area (Å²) in [7, 11) is 0. The number of thioether (sulfide) groups is 1. The molecule has 2 unspecified atom stereocenters. The summed E-state index contributed by atoms with van der Waals surface area (Å²) in [6.07, 6.45) is 1.59. The molecule has 98 valence electrons. The van der Waals surface area contributed by atoms with E-state index in [-0.39, 0.29) is 5.25 Å². The summed E-state index contributed by atoms with van der Waals surface area (Å²) in [4.78, 5) is 11.7. The normalized spacial score (nSPS) is 27.8. The Morgan fingerprint density at radius 3 is 2.89 bits per heavy atom. The number of halogens is 1. The van der Waals surface area contributed by atoms with Gasteiger partial charge in [0.15, 0.2) is 0 Å². The van der Waals surface area contributed by atoms with Crippen molar-refractivity contribution in [1.29, 1.82) is 0 Å². The summed E-state index contributed by atoms with van der Waals surface area (Å²) in [5.74, 6) is 0.270. The molecular weight excluding hydrogens is 314 g/mol. The SMILES string of the molecule is CC1SCCCC1(Nc1ccccc1Br)C(=O)O. The first-order valence-electron chi connectivity index (χ1n) is 5.94. The predicted molar refractivity (Wildman–Crippen MR) is 79.3 cm³/mol. The van der Waals surface area contributed by atoms with Gasteiger partial charge in [-0.2, -0.15) is 11.8 Å². The molecule has 0 spiro atoms. The van der Waals surface area contributed by atoms with Crippen molar-refractivity contribution >= 4 is 39.3 Å². The molecule has 0 bridgehead atoms. The van der Waals surface area contributed by atoms with Crippen LogP contribution in [0.2, 0.25) is 0 Å². The van der Waals surface area contributed by atoms with Crippen LogP contribution in [-0.4, -0.2) is 27.6 Å². The minimum Gasteiger partial charge on any atom is -0.479 e. The minimum atomic E-state index is -0.868. The lowest BCUT2D eigenvalue weighted by molar-refractivity contribution is -0.142. The van der Waals surface area contributed by atoms with Crippen LogP contribution >= 0.6 is 27.7 Å². The molecule has 2 N–H and O–H groups in total. The number of carboxylic acid groups (broad SMARTS) is 1. The van der Waals surface area contributed by atoms with E-state index in [1.165, 1.54) is 0 Å². The highest BCUT2D eigenvalue weighted by Gasteiger charge is 2.46. The first-order chi connectivity index (χ1) is 8.56. The van der Waals surface area contributed by atoms with Crippen LogP contribution in [0.4, 0.5) is 5.69 Å². The summed E-state index contributed by atoms with van der Waals surface area (Å²) >= 11 is 5.17. The number of para-hydroxylation sites is 1. The van der Waals surface area contributed by atoms with Crippen molar-refractivity contribution in [1.82, 2.24) is 0 Å². The van der Waals surface area contributed by atoms with E-state index in [9.17, 15) is 9.90 Å². The van der Waals surface area contributed by atoms with E-state index in [1.54, 1.807) is 11.8 Å². The van der Waals surface area contributed by atoms with Gasteiger partial charge in [0.25, 0.3) is 0 Å². The number of nitrogens with one attached hydrogen (secondary N) is 1. The topological polar surface area (TPSA) is 49.3 Å². The zero-order valence-electron chi connectivity index (χ0n) is 10.1. The van der Waals surface area contributed by atoms with Gasteiger partial charge in [-0.25, -0.2) is 4.79 Å². The fraction of sp³-hybridized carbons (Fsp3) is 0.462. The van der Waals surface area contributed by atoms with E-state index < -0.39 is 11.5 Å². The fourth-order valence-electron chi connectivity index (χ4n) is 2.26. The van der Waals surface area contributed by atoms with Crippen LogP contribution < -0.4 is 5.32 Å². The van der Waals surface area contributed by atoms with Gasteiger partial charge in [-0.05, 0) is 46.7 Å². The first kappa shape index (κ1) is 13.7. The van der Waals surface area contributed by atoms with Crippen LogP contribution in [0.15, 0.2) is 28.7 Å². The molecule has 0 aliphatic carbocycles. The average molecular weight is 330 g/mol. The Kier molecular flexibility index (Phi) is 4.22. The number of carbonyl (C=O) groups is 1. The highest BCUT2D eigenvalue weighted by Crippen LogP contribution is 2.38. The Balaban J connectivity index is 2.32. The van der Waals surface area contributed by atoms with Crippen molar-refractivity contribution in [3.63, 3.8) is 0 Å². The molecule has 1 aliphatic rings. The Morgan fingerprint density at radius 2 is 2.28 bits per heavy atom. The van der Waals surface area contributed by atoms with Gasteiger partial charge >= 0.3 is 5.97 Å². The summed E-state index contributed by atoms with van der Waals surface area (Å²) in [6.45, 7) is 1.99. The predicted octanol–water partition coefficient (Wildman–Crippen LogP) is 3.60. The second-order valence-corrected chi connectivity index (χ2v) is 6.80. The summed E-state index contributed by atoms with van der Waals surface area (Å²) in [5.41, 5.74) is -0.0264. The molecule has 18 heavy (non-hydrogen) atoms. The van der Waals surface area contributed by atoms with Crippen molar-refractivity contribution in [3.8, 4) is 0 Å². The quantitative estimate of drug-likeness (QED) is 0.889. The molecule has 2 atom stereocenters. The van der Waals surface area contributed by atoms with Crippen LogP contribution in [0.1, 0.15) is 19.8 Å². The van der Waals surface area contributed by atoms with E-state index >= 15 is 0 Å². The number of hydrogen-bond acceptors (Lipinski definition) is 3. The molecule has 0 saturated carbocycles. The zero-order chi connectivity index (χ0) is 13.2. The molecule has 2 rings (SSSR count). The maximum Gasteiger partial charge on any atom is 0.330 e. The molecule has 1 saturated heterocycles. The number of aliphatic carboxylic acids is 1. The van der Waals surface area contributed by atoms with Gasteiger partial charge in [0, 0.05) is 15.4 Å². The summed E-state index contributed by atoms with van der Waals surface area (Å²) in [6, 6.07) is 7.64. The third kappa shape index (κ3) is 2.52.